The molecule has 0 radical (unpaired) electrons. The molecule has 1 heterocycles. The Hall–Kier alpha value is -2.21. The fraction of sp³-hybridized carbons (Fsp3) is 0.235. The Morgan fingerprint density at radius 1 is 1.09 bits per heavy atom. The van der Waals surface area contributed by atoms with Gasteiger partial charge in [0.25, 0.3) is 5.91 Å². The average Bonchev–Trinajstić information content (AvgIpc) is 2.46. The van der Waals surface area contributed by atoms with Crippen LogP contribution in [-0.2, 0) is 4.74 Å². The van der Waals surface area contributed by atoms with Crippen LogP contribution >= 0.6 is 15.9 Å². The van der Waals surface area contributed by atoms with Gasteiger partial charge in [0.1, 0.15) is 15.9 Å². The molecular weight excluding hydrogens is 360 g/mol. The lowest BCUT2D eigenvalue weighted by Crippen LogP contribution is -2.23. The number of amides is 1. The summed E-state index contributed by atoms with van der Waals surface area (Å²) >= 11 is 3.22. The van der Waals surface area contributed by atoms with Crippen molar-refractivity contribution in [3.63, 3.8) is 0 Å². The van der Waals surface area contributed by atoms with Crippen LogP contribution in [0, 0.1) is 0 Å². The molecule has 120 valence electrons. The zero-order valence-electron chi connectivity index (χ0n) is 13.1. The second-order valence-electron chi connectivity index (χ2n) is 5.88. The van der Waals surface area contributed by atoms with Crippen molar-refractivity contribution in [1.82, 2.24) is 4.98 Å². The molecule has 0 aliphatic heterocycles. The molecule has 1 amide bonds. The summed E-state index contributed by atoms with van der Waals surface area (Å²) in [6.07, 6.45) is 0. The Bertz CT molecular complexity index is 721. The first-order valence-electron chi connectivity index (χ1n) is 7.02. The first-order chi connectivity index (χ1) is 10.7. The summed E-state index contributed by atoms with van der Waals surface area (Å²) in [6.45, 7) is 5.43. The van der Waals surface area contributed by atoms with Crippen molar-refractivity contribution >= 4 is 33.5 Å². The van der Waals surface area contributed by atoms with Gasteiger partial charge in [-0.15, -0.1) is 0 Å². The molecule has 1 N–H and O–H groups in total. The van der Waals surface area contributed by atoms with Gasteiger partial charge in [-0.2, -0.15) is 0 Å². The molecule has 0 spiro atoms. The number of esters is 1. The fourth-order valence-corrected chi connectivity index (χ4v) is 2.10. The number of carbonyl (C=O) groups is 2. The van der Waals surface area contributed by atoms with Gasteiger partial charge in [-0.05, 0) is 73.1 Å². The number of hydrogen-bond acceptors (Lipinski definition) is 4. The Balaban J connectivity index is 2.05. The summed E-state index contributed by atoms with van der Waals surface area (Å²) in [5, 5.41) is 2.73. The molecular formula is C17H17BrN2O3. The highest BCUT2D eigenvalue weighted by Crippen LogP contribution is 2.15. The topological polar surface area (TPSA) is 68.3 Å². The maximum atomic E-state index is 12.1. The largest absolute Gasteiger partial charge is 0.456 e. The molecule has 0 fully saturated rings. The molecule has 6 heteroatoms. The second kappa shape index (κ2) is 6.91. The lowest BCUT2D eigenvalue weighted by Gasteiger charge is -2.19. The number of carbonyl (C=O) groups excluding carboxylic acids is 2. The van der Waals surface area contributed by atoms with Crippen LogP contribution in [0.3, 0.4) is 0 Å². The van der Waals surface area contributed by atoms with E-state index in [0.29, 0.717) is 21.5 Å². The van der Waals surface area contributed by atoms with Gasteiger partial charge in [0.15, 0.2) is 0 Å². The average molecular weight is 377 g/mol. The van der Waals surface area contributed by atoms with E-state index in [1.807, 2.05) is 20.8 Å². The number of pyridine rings is 1. The SMILES string of the molecule is CC(C)(C)OC(=O)c1ccc(NC(=O)c2cccc(Br)n2)cc1. The lowest BCUT2D eigenvalue weighted by atomic mass is 10.1. The minimum atomic E-state index is -0.545. The van der Waals surface area contributed by atoms with Crippen molar-refractivity contribution < 1.29 is 14.3 Å². The summed E-state index contributed by atoms with van der Waals surface area (Å²) in [5.74, 6) is -0.722. The van der Waals surface area contributed by atoms with Crippen molar-refractivity contribution in [1.29, 1.82) is 0 Å². The van der Waals surface area contributed by atoms with Crippen molar-refractivity contribution in [3.05, 3.63) is 58.3 Å². The molecule has 0 unspecified atom stereocenters. The minimum Gasteiger partial charge on any atom is -0.456 e. The third kappa shape index (κ3) is 5.17. The van der Waals surface area contributed by atoms with Crippen LogP contribution < -0.4 is 5.32 Å². The Morgan fingerprint density at radius 3 is 2.30 bits per heavy atom. The number of halogens is 1. The summed E-state index contributed by atoms with van der Waals surface area (Å²) in [4.78, 5) is 28.1. The lowest BCUT2D eigenvalue weighted by molar-refractivity contribution is 0.00695. The van der Waals surface area contributed by atoms with Crippen LogP contribution in [0.5, 0.6) is 0 Å². The van der Waals surface area contributed by atoms with Crippen molar-refractivity contribution in [2.75, 3.05) is 5.32 Å². The first-order valence-corrected chi connectivity index (χ1v) is 7.81. The molecule has 2 aromatic rings. The normalized spacial score (nSPS) is 11.0. The quantitative estimate of drug-likeness (QED) is 0.647. The van der Waals surface area contributed by atoms with Gasteiger partial charge in [-0.1, -0.05) is 6.07 Å². The predicted molar refractivity (Wildman–Crippen MR) is 91.5 cm³/mol. The molecule has 1 aromatic heterocycles. The maximum absolute atomic E-state index is 12.1. The molecule has 1 aromatic carbocycles. The van der Waals surface area contributed by atoms with Gasteiger partial charge in [0.05, 0.1) is 5.56 Å². The fourth-order valence-electron chi connectivity index (χ4n) is 1.76. The summed E-state index contributed by atoms with van der Waals surface area (Å²) in [6, 6.07) is 11.6. The van der Waals surface area contributed by atoms with Crippen molar-refractivity contribution in [2.45, 2.75) is 26.4 Å². The van der Waals surface area contributed by atoms with Gasteiger partial charge >= 0.3 is 5.97 Å². The minimum absolute atomic E-state index is 0.301. The second-order valence-corrected chi connectivity index (χ2v) is 6.69. The molecule has 0 aliphatic rings. The highest BCUT2D eigenvalue weighted by atomic mass is 79.9. The number of hydrogen-bond donors (Lipinski definition) is 1. The molecule has 0 bridgehead atoms. The standard InChI is InChI=1S/C17H17BrN2O3/c1-17(2,3)23-16(22)11-7-9-12(10-8-11)19-15(21)13-5-4-6-14(18)20-13/h4-10H,1-3H3,(H,19,21). The number of rotatable bonds is 3. The maximum Gasteiger partial charge on any atom is 0.338 e. The number of ether oxygens (including phenoxy) is 1. The van der Waals surface area contributed by atoms with Crippen LogP contribution in [0.1, 0.15) is 41.6 Å². The monoisotopic (exact) mass is 376 g/mol. The van der Waals surface area contributed by atoms with Crippen LogP contribution in [-0.4, -0.2) is 22.5 Å². The zero-order valence-corrected chi connectivity index (χ0v) is 14.7. The van der Waals surface area contributed by atoms with Crippen molar-refractivity contribution in [2.24, 2.45) is 0 Å². The van der Waals surface area contributed by atoms with E-state index in [4.69, 9.17) is 4.74 Å². The number of aromatic nitrogens is 1. The van der Waals surface area contributed by atoms with Gasteiger partial charge < -0.3 is 10.1 Å². The van der Waals surface area contributed by atoms with Crippen LogP contribution in [0.2, 0.25) is 0 Å². The Labute approximate surface area is 143 Å². The van der Waals surface area contributed by atoms with Crippen LogP contribution in [0.15, 0.2) is 47.1 Å². The predicted octanol–water partition coefficient (Wildman–Crippen LogP) is 4.05. The molecule has 0 aliphatic carbocycles. The van der Waals surface area contributed by atoms with E-state index in [0.717, 1.165) is 0 Å². The van der Waals surface area contributed by atoms with Gasteiger partial charge in [0, 0.05) is 5.69 Å². The van der Waals surface area contributed by atoms with Gasteiger partial charge in [0.2, 0.25) is 0 Å². The van der Waals surface area contributed by atoms with Crippen LogP contribution in [0.4, 0.5) is 5.69 Å². The zero-order chi connectivity index (χ0) is 17.0. The van der Waals surface area contributed by atoms with E-state index in [1.165, 1.54) is 0 Å². The van der Waals surface area contributed by atoms with E-state index >= 15 is 0 Å². The van der Waals surface area contributed by atoms with E-state index in [2.05, 4.69) is 26.2 Å². The van der Waals surface area contributed by atoms with E-state index in [1.54, 1.807) is 42.5 Å². The van der Waals surface area contributed by atoms with Crippen molar-refractivity contribution in [3.8, 4) is 0 Å². The molecule has 0 saturated carbocycles. The highest BCUT2D eigenvalue weighted by molar-refractivity contribution is 9.10. The third-order valence-electron chi connectivity index (χ3n) is 2.73. The number of nitrogens with one attached hydrogen (secondary N) is 1. The Kier molecular flexibility index (Phi) is 5.15. The highest BCUT2D eigenvalue weighted by Gasteiger charge is 2.17. The van der Waals surface area contributed by atoms with Crippen LogP contribution in [0.25, 0.3) is 0 Å². The van der Waals surface area contributed by atoms with Gasteiger partial charge in [-0.25, -0.2) is 9.78 Å². The van der Waals surface area contributed by atoms with Gasteiger partial charge in [-0.3, -0.25) is 4.79 Å². The molecule has 5 nitrogen and oxygen atoms in total. The summed E-state index contributed by atoms with van der Waals surface area (Å²) in [7, 11) is 0. The number of benzene rings is 1. The molecule has 23 heavy (non-hydrogen) atoms. The Morgan fingerprint density at radius 2 is 1.74 bits per heavy atom. The molecule has 2 rings (SSSR count). The molecule has 0 saturated heterocycles. The van der Waals surface area contributed by atoms with E-state index < -0.39 is 11.6 Å². The number of anilines is 1. The smallest absolute Gasteiger partial charge is 0.338 e. The van der Waals surface area contributed by atoms with E-state index in [9.17, 15) is 9.59 Å². The third-order valence-corrected chi connectivity index (χ3v) is 3.17. The number of nitrogens with zero attached hydrogens (tertiary/aromatic N) is 1. The summed E-state index contributed by atoms with van der Waals surface area (Å²) < 4.78 is 5.87. The molecule has 0 atom stereocenters. The first kappa shape index (κ1) is 17.1. The summed E-state index contributed by atoms with van der Waals surface area (Å²) in [5.41, 5.74) is 0.759. The van der Waals surface area contributed by atoms with E-state index in [-0.39, 0.29) is 5.91 Å².